The molecular formula is C25H40O5Si. The van der Waals surface area contributed by atoms with Gasteiger partial charge in [0.25, 0.3) is 0 Å². The highest BCUT2D eigenvalue weighted by atomic mass is 28.4. The Morgan fingerprint density at radius 2 is 1.74 bits per heavy atom. The summed E-state index contributed by atoms with van der Waals surface area (Å²) in [5.41, 5.74) is 0.886. The van der Waals surface area contributed by atoms with Crippen LogP contribution in [0.2, 0.25) is 18.1 Å². The molecule has 3 rings (SSSR count). The molecule has 1 aromatic rings. The molecule has 0 unspecified atom stereocenters. The molecule has 4 atom stereocenters. The second-order valence-corrected chi connectivity index (χ2v) is 16.1. The standard InChI is InChI=1S/C25H40O5Si/c1-15-17-13-18(26)16-11-10-12-19(29-7)21(16)22(27)25(28,24(17,5)6)14-20(15)30-31(8,9)23(2,3)4/h10-12,18,20,22,26-28H,13-14H2,1-9H3/t18-,20-,22-,25+/m0/s1. The van der Waals surface area contributed by atoms with E-state index in [1.807, 2.05) is 26.0 Å². The van der Waals surface area contributed by atoms with E-state index in [4.69, 9.17) is 9.16 Å². The fourth-order valence-electron chi connectivity index (χ4n) is 5.04. The predicted molar refractivity (Wildman–Crippen MR) is 126 cm³/mol. The van der Waals surface area contributed by atoms with Gasteiger partial charge >= 0.3 is 0 Å². The van der Waals surface area contributed by atoms with Crippen LogP contribution in [0.4, 0.5) is 0 Å². The molecule has 0 aromatic heterocycles. The van der Waals surface area contributed by atoms with Gasteiger partial charge in [0, 0.05) is 17.4 Å². The molecule has 174 valence electrons. The van der Waals surface area contributed by atoms with Crippen LogP contribution in [0.1, 0.15) is 77.7 Å². The van der Waals surface area contributed by atoms with Gasteiger partial charge in [0.15, 0.2) is 8.32 Å². The van der Waals surface area contributed by atoms with Gasteiger partial charge in [-0.15, -0.1) is 0 Å². The molecule has 31 heavy (non-hydrogen) atoms. The van der Waals surface area contributed by atoms with Gasteiger partial charge in [0.1, 0.15) is 17.5 Å². The van der Waals surface area contributed by atoms with Gasteiger partial charge < -0.3 is 24.5 Å². The molecule has 5 nitrogen and oxygen atoms in total. The van der Waals surface area contributed by atoms with E-state index in [2.05, 4.69) is 40.8 Å². The van der Waals surface area contributed by atoms with Crippen molar-refractivity contribution in [2.45, 2.75) is 96.4 Å². The van der Waals surface area contributed by atoms with Crippen molar-refractivity contribution in [2.75, 3.05) is 7.11 Å². The SMILES string of the molecule is COc1cccc2c1[C@H](O)[C@]1(O)C[C@H](O[Si](C)(C)C(C)(C)C)C(C)=C(C[C@@H]2O)C1(C)C. The zero-order valence-electron chi connectivity index (χ0n) is 20.5. The van der Waals surface area contributed by atoms with Crippen molar-refractivity contribution < 1.29 is 24.5 Å². The number of ether oxygens (including phenoxy) is 1. The molecule has 1 aromatic carbocycles. The fraction of sp³-hybridized carbons (Fsp3) is 0.680. The van der Waals surface area contributed by atoms with Crippen LogP contribution in [-0.2, 0) is 4.43 Å². The van der Waals surface area contributed by atoms with Gasteiger partial charge in [0.2, 0.25) is 0 Å². The summed E-state index contributed by atoms with van der Waals surface area (Å²) in [4.78, 5) is 0. The largest absolute Gasteiger partial charge is 0.496 e. The number of rotatable bonds is 3. The van der Waals surface area contributed by atoms with Gasteiger partial charge in [-0.05, 0) is 48.7 Å². The first-order chi connectivity index (χ1) is 14.1. The van der Waals surface area contributed by atoms with E-state index in [1.165, 1.54) is 0 Å². The normalized spacial score (nSPS) is 31.0. The minimum atomic E-state index is -2.13. The van der Waals surface area contributed by atoms with Crippen LogP contribution in [0.3, 0.4) is 0 Å². The van der Waals surface area contributed by atoms with Crippen molar-refractivity contribution in [1.29, 1.82) is 0 Å². The molecule has 0 heterocycles. The van der Waals surface area contributed by atoms with Crippen LogP contribution in [0, 0.1) is 5.41 Å². The number of hydrogen-bond donors (Lipinski definition) is 3. The van der Waals surface area contributed by atoms with E-state index in [0.717, 1.165) is 11.1 Å². The molecule has 0 amide bonds. The third-order valence-corrected chi connectivity index (χ3v) is 12.8. The summed E-state index contributed by atoms with van der Waals surface area (Å²) in [6.45, 7) is 17.0. The van der Waals surface area contributed by atoms with E-state index >= 15 is 0 Å². The lowest BCUT2D eigenvalue weighted by atomic mass is 9.56. The summed E-state index contributed by atoms with van der Waals surface area (Å²) in [6, 6.07) is 5.38. The number of benzene rings is 1. The molecule has 0 radical (unpaired) electrons. The third-order valence-electron chi connectivity index (χ3n) is 8.34. The van der Waals surface area contributed by atoms with Gasteiger partial charge in [-0.2, -0.15) is 0 Å². The molecule has 3 N–H and O–H groups in total. The van der Waals surface area contributed by atoms with E-state index in [0.29, 0.717) is 23.3 Å². The molecular weight excluding hydrogens is 408 g/mol. The van der Waals surface area contributed by atoms with E-state index < -0.39 is 31.5 Å². The summed E-state index contributed by atoms with van der Waals surface area (Å²) >= 11 is 0. The maximum Gasteiger partial charge on any atom is 0.192 e. The Balaban J connectivity index is 2.22. The zero-order valence-corrected chi connectivity index (χ0v) is 21.5. The maximum absolute atomic E-state index is 12.2. The summed E-state index contributed by atoms with van der Waals surface area (Å²) < 4.78 is 12.3. The van der Waals surface area contributed by atoms with E-state index in [9.17, 15) is 15.3 Å². The Kier molecular flexibility index (Phi) is 6.07. The molecule has 0 saturated heterocycles. The lowest BCUT2D eigenvalue weighted by molar-refractivity contribution is -0.165. The van der Waals surface area contributed by atoms with Crippen molar-refractivity contribution in [1.82, 2.24) is 0 Å². The predicted octanol–water partition coefficient (Wildman–Crippen LogP) is 5.03. The quantitative estimate of drug-likeness (QED) is 0.446. The Bertz CT molecular complexity index is 882. The monoisotopic (exact) mass is 448 g/mol. The van der Waals surface area contributed by atoms with Gasteiger partial charge in [0.05, 0.1) is 19.3 Å². The first-order valence-electron chi connectivity index (χ1n) is 11.2. The maximum atomic E-state index is 12.2. The molecule has 6 heteroatoms. The zero-order chi connectivity index (χ0) is 23.6. The Morgan fingerprint density at radius 1 is 1.13 bits per heavy atom. The van der Waals surface area contributed by atoms with Gasteiger partial charge in [-0.1, -0.05) is 52.3 Å². The van der Waals surface area contributed by atoms with Crippen LogP contribution < -0.4 is 4.74 Å². The lowest BCUT2D eigenvalue weighted by Crippen LogP contribution is -2.58. The van der Waals surface area contributed by atoms with E-state index in [1.54, 1.807) is 13.2 Å². The van der Waals surface area contributed by atoms with Crippen LogP contribution >= 0.6 is 0 Å². The second-order valence-electron chi connectivity index (χ2n) is 11.4. The number of aliphatic hydroxyl groups is 3. The number of fused-ring (bicyclic) bond motifs is 3. The van der Waals surface area contributed by atoms with Crippen LogP contribution in [0.5, 0.6) is 5.75 Å². The number of aliphatic hydroxyl groups excluding tert-OH is 2. The smallest absolute Gasteiger partial charge is 0.192 e. The Morgan fingerprint density at radius 3 is 2.29 bits per heavy atom. The highest BCUT2D eigenvalue weighted by Crippen LogP contribution is 2.59. The molecule has 0 spiro atoms. The second kappa shape index (κ2) is 7.70. The molecule has 0 aliphatic heterocycles. The fourth-order valence-corrected chi connectivity index (χ4v) is 6.36. The average Bonchev–Trinajstić information content (AvgIpc) is 2.66. The minimum Gasteiger partial charge on any atom is -0.496 e. The third kappa shape index (κ3) is 3.70. The minimum absolute atomic E-state index is 0.0174. The molecule has 2 bridgehead atoms. The lowest BCUT2D eigenvalue weighted by Gasteiger charge is -2.56. The highest BCUT2D eigenvalue weighted by molar-refractivity contribution is 6.74. The van der Waals surface area contributed by atoms with Gasteiger partial charge in [-0.25, -0.2) is 0 Å². The molecule has 0 fully saturated rings. The average molecular weight is 449 g/mol. The van der Waals surface area contributed by atoms with Crippen LogP contribution in [-0.4, -0.2) is 42.5 Å². The topological polar surface area (TPSA) is 79.2 Å². The number of hydrogen-bond acceptors (Lipinski definition) is 5. The Labute approximate surface area is 188 Å². The summed E-state index contributed by atoms with van der Waals surface area (Å²) in [6.07, 6.45) is -1.67. The number of methoxy groups -OCH3 is 1. The van der Waals surface area contributed by atoms with Crippen molar-refractivity contribution in [2.24, 2.45) is 5.41 Å². The van der Waals surface area contributed by atoms with Crippen molar-refractivity contribution >= 4 is 8.32 Å². The highest BCUT2D eigenvalue weighted by Gasteiger charge is 2.59. The molecule has 2 aliphatic carbocycles. The summed E-state index contributed by atoms with van der Waals surface area (Å²) in [5, 5.41) is 35.0. The van der Waals surface area contributed by atoms with Crippen molar-refractivity contribution in [3.8, 4) is 5.75 Å². The first-order valence-corrected chi connectivity index (χ1v) is 14.1. The van der Waals surface area contributed by atoms with Crippen molar-refractivity contribution in [3.63, 3.8) is 0 Å². The van der Waals surface area contributed by atoms with E-state index in [-0.39, 0.29) is 17.6 Å². The first kappa shape index (κ1) is 24.5. The summed E-state index contributed by atoms with van der Waals surface area (Å²) in [7, 11) is -0.589. The summed E-state index contributed by atoms with van der Waals surface area (Å²) in [5.74, 6) is 0.477. The van der Waals surface area contributed by atoms with Crippen LogP contribution in [0.25, 0.3) is 0 Å². The van der Waals surface area contributed by atoms with Crippen molar-refractivity contribution in [3.05, 3.63) is 40.5 Å². The Hall–Kier alpha value is -1.18. The molecule has 2 aliphatic rings. The van der Waals surface area contributed by atoms with Crippen LogP contribution in [0.15, 0.2) is 29.3 Å². The van der Waals surface area contributed by atoms with Gasteiger partial charge in [-0.3, -0.25) is 0 Å². The molecule has 0 saturated carbocycles.